The highest BCUT2D eigenvalue weighted by Crippen LogP contribution is 2.17. The molecule has 18 heavy (non-hydrogen) atoms. The van der Waals surface area contributed by atoms with Gasteiger partial charge < -0.3 is 4.74 Å². The highest BCUT2D eigenvalue weighted by Gasteiger charge is 1.97. The second-order valence-electron chi connectivity index (χ2n) is 3.66. The lowest BCUT2D eigenvalue weighted by molar-refractivity contribution is 0.414. The Hall–Kier alpha value is -2.60. The summed E-state index contributed by atoms with van der Waals surface area (Å²) in [6.45, 7) is 0. The predicted octanol–water partition coefficient (Wildman–Crippen LogP) is 3.32. The molecule has 0 atom stereocenters. The van der Waals surface area contributed by atoms with Crippen molar-refractivity contribution < 1.29 is 4.74 Å². The number of nitriles is 1. The molecule has 0 spiro atoms. The molecule has 0 heterocycles. The molecule has 0 saturated carbocycles. The van der Waals surface area contributed by atoms with Gasteiger partial charge in [0, 0.05) is 11.8 Å². The fourth-order valence-corrected chi connectivity index (χ4v) is 1.54. The molecular formula is C15H12N2O. The van der Waals surface area contributed by atoms with Crippen LogP contribution in [-0.4, -0.2) is 13.3 Å². The van der Waals surface area contributed by atoms with Gasteiger partial charge in [0.1, 0.15) is 5.75 Å². The number of rotatable bonds is 3. The summed E-state index contributed by atoms with van der Waals surface area (Å²) in [5.74, 6) is 0.787. The van der Waals surface area contributed by atoms with E-state index in [4.69, 9.17) is 10.00 Å². The number of para-hydroxylation sites is 1. The largest absolute Gasteiger partial charge is 0.496 e. The molecule has 0 aromatic heterocycles. The maximum atomic E-state index is 8.70. The molecule has 0 aliphatic rings. The molecule has 0 fully saturated rings. The van der Waals surface area contributed by atoms with Crippen LogP contribution in [0.3, 0.4) is 0 Å². The molecule has 0 N–H and O–H groups in total. The number of aliphatic imine (C=N–C) groups is 1. The Balaban J connectivity index is 2.22. The average molecular weight is 236 g/mol. The first-order chi connectivity index (χ1) is 8.83. The number of hydrogen-bond acceptors (Lipinski definition) is 3. The Morgan fingerprint density at radius 2 is 1.83 bits per heavy atom. The fraction of sp³-hybridized carbons (Fsp3) is 0.0667. The van der Waals surface area contributed by atoms with Gasteiger partial charge in [0.05, 0.1) is 24.4 Å². The van der Waals surface area contributed by atoms with Crippen LogP contribution < -0.4 is 4.74 Å². The van der Waals surface area contributed by atoms with Crippen LogP contribution >= 0.6 is 0 Å². The van der Waals surface area contributed by atoms with E-state index >= 15 is 0 Å². The second kappa shape index (κ2) is 5.65. The smallest absolute Gasteiger partial charge is 0.127 e. The van der Waals surface area contributed by atoms with Crippen molar-refractivity contribution in [2.45, 2.75) is 0 Å². The number of nitrogens with zero attached hydrogens (tertiary/aromatic N) is 2. The summed E-state index contributed by atoms with van der Waals surface area (Å²) in [5.41, 5.74) is 2.36. The van der Waals surface area contributed by atoms with Crippen molar-refractivity contribution in [3.8, 4) is 11.8 Å². The zero-order valence-corrected chi connectivity index (χ0v) is 10.00. The zero-order chi connectivity index (χ0) is 12.8. The summed E-state index contributed by atoms with van der Waals surface area (Å²) >= 11 is 0. The van der Waals surface area contributed by atoms with Gasteiger partial charge in [-0.1, -0.05) is 12.1 Å². The van der Waals surface area contributed by atoms with Crippen molar-refractivity contribution in [1.82, 2.24) is 0 Å². The van der Waals surface area contributed by atoms with Crippen LogP contribution in [0.5, 0.6) is 5.75 Å². The molecule has 3 heteroatoms. The van der Waals surface area contributed by atoms with Crippen LogP contribution in [0.4, 0.5) is 5.69 Å². The Morgan fingerprint density at radius 1 is 1.11 bits per heavy atom. The highest BCUT2D eigenvalue weighted by atomic mass is 16.5. The third kappa shape index (κ3) is 2.74. The second-order valence-corrected chi connectivity index (χ2v) is 3.66. The summed E-state index contributed by atoms with van der Waals surface area (Å²) in [4.78, 5) is 4.35. The van der Waals surface area contributed by atoms with E-state index in [2.05, 4.69) is 11.1 Å². The van der Waals surface area contributed by atoms with E-state index in [1.54, 1.807) is 25.5 Å². The van der Waals surface area contributed by atoms with Gasteiger partial charge >= 0.3 is 0 Å². The molecule has 0 unspecified atom stereocenters. The summed E-state index contributed by atoms with van der Waals surface area (Å²) in [7, 11) is 1.63. The van der Waals surface area contributed by atoms with Crippen molar-refractivity contribution in [2.24, 2.45) is 4.99 Å². The van der Waals surface area contributed by atoms with Crippen molar-refractivity contribution in [1.29, 1.82) is 5.26 Å². The summed E-state index contributed by atoms with van der Waals surface area (Å²) < 4.78 is 5.24. The molecule has 0 radical (unpaired) electrons. The maximum absolute atomic E-state index is 8.70. The molecule has 2 aromatic carbocycles. The van der Waals surface area contributed by atoms with Gasteiger partial charge in [-0.2, -0.15) is 5.26 Å². The molecular weight excluding hydrogens is 224 g/mol. The zero-order valence-electron chi connectivity index (χ0n) is 10.00. The van der Waals surface area contributed by atoms with Crippen LogP contribution in [0, 0.1) is 11.3 Å². The number of hydrogen-bond donors (Lipinski definition) is 0. The molecule has 0 aliphatic heterocycles. The summed E-state index contributed by atoms with van der Waals surface area (Å²) in [6, 6.07) is 16.9. The van der Waals surface area contributed by atoms with Crippen molar-refractivity contribution >= 4 is 11.9 Å². The van der Waals surface area contributed by atoms with Crippen molar-refractivity contribution in [2.75, 3.05) is 7.11 Å². The third-order valence-electron chi connectivity index (χ3n) is 2.49. The molecule has 0 amide bonds. The van der Waals surface area contributed by atoms with E-state index in [9.17, 15) is 0 Å². The first-order valence-corrected chi connectivity index (χ1v) is 5.51. The Labute approximate surface area is 106 Å². The van der Waals surface area contributed by atoms with Gasteiger partial charge in [0.15, 0.2) is 0 Å². The minimum atomic E-state index is 0.631. The van der Waals surface area contributed by atoms with Crippen molar-refractivity contribution in [3.63, 3.8) is 0 Å². The molecule has 3 nitrogen and oxygen atoms in total. The van der Waals surface area contributed by atoms with Gasteiger partial charge in [-0.25, -0.2) is 0 Å². The minimum absolute atomic E-state index is 0.631. The lowest BCUT2D eigenvalue weighted by Crippen LogP contribution is -1.89. The molecule has 0 aliphatic carbocycles. The Kier molecular flexibility index (Phi) is 3.72. The quantitative estimate of drug-likeness (QED) is 0.767. The number of ether oxygens (including phenoxy) is 1. The van der Waals surface area contributed by atoms with Crippen LogP contribution in [-0.2, 0) is 0 Å². The monoisotopic (exact) mass is 236 g/mol. The highest BCUT2D eigenvalue weighted by molar-refractivity contribution is 5.85. The standard InChI is InChI=1S/C15H12N2O/c1-18-15-5-3-2-4-13(15)11-17-14-8-6-12(10-16)7-9-14/h2-9,11H,1H3/b17-11+. The van der Waals surface area contributed by atoms with E-state index in [1.165, 1.54) is 0 Å². The summed E-state index contributed by atoms with van der Waals surface area (Å²) in [5, 5.41) is 8.70. The lowest BCUT2D eigenvalue weighted by Gasteiger charge is -2.02. The molecule has 2 aromatic rings. The average Bonchev–Trinajstić information content (AvgIpc) is 2.46. The van der Waals surface area contributed by atoms with E-state index in [0.717, 1.165) is 17.0 Å². The lowest BCUT2D eigenvalue weighted by atomic mass is 10.2. The minimum Gasteiger partial charge on any atom is -0.496 e. The normalized spacial score (nSPS) is 10.2. The maximum Gasteiger partial charge on any atom is 0.127 e. The first-order valence-electron chi connectivity index (χ1n) is 5.51. The molecule has 2 rings (SSSR count). The fourth-order valence-electron chi connectivity index (χ4n) is 1.54. The van der Waals surface area contributed by atoms with Crippen LogP contribution in [0.15, 0.2) is 53.5 Å². The van der Waals surface area contributed by atoms with Crippen LogP contribution in [0.1, 0.15) is 11.1 Å². The Morgan fingerprint density at radius 3 is 2.50 bits per heavy atom. The van der Waals surface area contributed by atoms with E-state index in [-0.39, 0.29) is 0 Å². The third-order valence-corrected chi connectivity index (χ3v) is 2.49. The predicted molar refractivity (Wildman–Crippen MR) is 71.4 cm³/mol. The van der Waals surface area contributed by atoms with Gasteiger partial charge in [-0.05, 0) is 36.4 Å². The number of benzene rings is 2. The molecule has 0 saturated heterocycles. The summed E-state index contributed by atoms with van der Waals surface area (Å²) in [6.07, 6.45) is 1.75. The van der Waals surface area contributed by atoms with Gasteiger partial charge in [0.2, 0.25) is 0 Å². The first kappa shape index (κ1) is 11.9. The van der Waals surface area contributed by atoms with Gasteiger partial charge in [-0.15, -0.1) is 0 Å². The van der Waals surface area contributed by atoms with E-state index < -0.39 is 0 Å². The van der Waals surface area contributed by atoms with E-state index in [1.807, 2.05) is 36.4 Å². The van der Waals surface area contributed by atoms with Crippen LogP contribution in [0.25, 0.3) is 0 Å². The Bertz CT molecular complexity index is 595. The van der Waals surface area contributed by atoms with Gasteiger partial charge in [0.25, 0.3) is 0 Å². The number of methoxy groups -OCH3 is 1. The van der Waals surface area contributed by atoms with Crippen LogP contribution in [0.2, 0.25) is 0 Å². The SMILES string of the molecule is COc1ccccc1/C=N/c1ccc(C#N)cc1. The topological polar surface area (TPSA) is 45.4 Å². The molecule has 0 bridgehead atoms. The van der Waals surface area contributed by atoms with E-state index in [0.29, 0.717) is 5.56 Å². The molecule has 88 valence electrons. The van der Waals surface area contributed by atoms with Crippen molar-refractivity contribution in [3.05, 3.63) is 59.7 Å². The van der Waals surface area contributed by atoms with Gasteiger partial charge in [-0.3, -0.25) is 4.99 Å².